The van der Waals surface area contributed by atoms with Crippen LogP contribution < -0.4 is 11.4 Å². The largest absolute Gasteiger partial charge is 0.427 e. The van der Waals surface area contributed by atoms with Crippen molar-refractivity contribution in [1.82, 2.24) is 24.1 Å². The molecule has 1 aromatic carbocycles. The molecule has 12 heteroatoms. The summed E-state index contributed by atoms with van der Waals surface area (Å²) >= 11 is 3.84. The molecule has 0 bridgehead atoms. The molecule has 3 heterocycles. The minimum atomic E-state index is -4.55. The van der Waals surface area contributed by atoms with Gasteiger partial charge in [0, 0.05) is 5.56 Å². The van der Waals surface area contributed by atoms with E-state index in [4.69, 9.17) is 5.73 Å². The van der Waals surface area contributed by atoms with Crippen LogP contribution in [0.1, 0.15) is 10.6 Å². The molecule has 28 heavy (non-hydrogen) atoms. The Morgan fingerprint density at radius 3 is 2.61 bits per heavy atom. The fourth-order valence-corrected chi connectivity index (χ4v) is 3.97. The van der Waals surface area contributed by atoms with Gasteiger partial charge >= 0.3 is 11.9 Å². The molecule has 0 aliphatic heterocycles. The molecule has 7 nitrogen and oxygen atoms in total. The van der Waals surface area contributed by atoms with Crippen molar-refractivity contribution < 1.29 is 13.2 Å². The highest BCUT2D eigenvalue weighted by Gasteiger charge is 2.36. The summed E-state index contributed by atoms with van der Waals surface area (Å²) in [6, 6.07) is 9.08. The van der Waals surface area contributed by atoms with Gasteiger partial charge in [-0.25, -0.2) is 23.8 Å². The summed E-state index contributed by atoms with van der Waals surface area (Å²) in [6.45, 7) is -0.439. The fourth-order valence-electron chi connectivity index (χ4n) is 2.72. The number of nitrogens with two attached hydrogens (primary N) is 1. The van der Waals surface area contributed by atoms with Crippen molar-refractivity contribution in [2.45, 2.75) is 12.7 Å². The van der Waals surface area contributed by atoms with Crippen molar-refractivity contribution in [3.05, 3.63) is 61.4 Å². The minimum Gasteiger partial charge on any atom is -0.369 e. The van der Waals surface area contributed by atoms with Gasteiger partial charge in [0.2, 0.25) is 5.95 Å². The number of rotatable bonds is 3. The SMILES string of the molecule is Nc1nc(-c2ccccc2)c(Br)c2nn(Cc3ncsc3C(F)(F)F)c(=O)n12. The van der Waals surface area contributed by atoms with Gasteiger partial charge in [-0.15, -0.1) is 16.4 Å². The first-order valence-corrected chi connectivity index (χ1v) is 9.44. The van der Waals surface area contributed by atoms with Crippen molar-refractivity contribution in [2.75, 3.05) is 5.73 Å². The summed E-state index contributed by atoms with van der Waals surface area (Å²) in [7, 11) is 0. The Morgan fingerprint density at radius 2 is 1.93 bits per heavy atom. The molecule has 2 N–H and O–H groups in total. The molecule has 144 valence electrons. The van der Waals surface area contributed by atoms with Crippen molar-refractivity contribution >= 4 is 38.9 Å². The van der Waals surface area contributed by atoms with E-state index >= 15 is 0 Å². The molecular weight excluding hydrogens is 461 g/mol. The molecule has 4 rings (SSSR count). The van der Waals surface area contributed by atoms with Gasteiger partial charge in [-0.1, -0.05) is 30.3 Å². The number of anilines is 1. The maximum Gasteiger partial charge on any atom is 0.427 e. The zero-order valence-electron chi connectivity index (χ0n) is 13.8. The Bertz CT molecular complexity index is 1230. The van der Waals surface area contributed by atoms with Gasteiger partial charge in [0.25, 0.3) is 0 Å². The van der Waals surface area contributed by atoms with E-state index in [-0.39, 0.29) is 17.3 Å². The lowest BCUT2D eigenvalue weighted by atomic mass is 10.1. The van der Waals surface area contributed by atoms with Crippen LogP contribution in [0.25, 0.3) is 16.9 Å². The topological polar surface area (TPSA) is 91.1 Å². The first-order valence-electron chi connectivity index (χ1n) is 7.77. The van der Waals surface area contributed by atoms with E-state index in [1.807, 2.05) is 30.3 Å². The number of nitrogens with zero attached hydrogens (tertiary/aromatic N) is 5. The fraction of sp³-hybridized carbons (Fsp3) is 0.125. The van der Waals surface area contributed by atoms with Gasteiger partial charge in [-0.05, 0) is 15.9 Å². The van der Waals surface area contributed by atoms with E-state index in [0.717, 1.165) is 20.2 Å². The third kappa shape index (κ3) is 3.07. The molecule has 0 fully saturated rings. The van der Waals surface area contributed by atoms with E-state index < -0.39 is 23.3 Å². The highest BCUT2D eigenvalue weighted by atomic mass is 79.9. The summed E-state index contributed by atoms with van der Waals surface area (Å²) in [5.74, 6) is -0.123. The Balaban J connectivity index is 1.86. The van der Waals surface area contributed by atoms with Crippen LogP contribution in [0.5, 0.6) is 0 Å². The highest BCUT2D eigenvalue weighted by Crippen LogP contribution is 2.35. The molecule has 0 spiro atoms. The molecule has 0 saturated carbocycles. The van der Waals surface area contributed by atoms with Gasteiger partial charge in [0.05, 0.1) is 27.9 Å². The average molecular weight is 471 g/mol. The molecule has 3 aromatic heterocycles. The third-order valence-electron chi connectivity index (χ3n) is 3.94. The zero-order valence-corrected chi connectivity index (χ0v) is 16.2. The smallest absolute Gasteiger partial charge is 0.369 e. The van der Waals surface area contributed by atoms with Gasteiger partial charge in [-0.2, -0.15) is 13.2 Å². The highest BCUT2D eigenvalue weighted by molar-refractivity contribution is 9.10. The number of aromatic nitrogens is 5. The molecule has 0 aliphatic rings. The summed E-state index contributed by atoms with van der Waals surface area (Å²) < 4.78 is 41.6. The lowest BCUT2D eigenvalue weighted by molar-refractivity contribution is -0.135. The maximum absolute atomic E-state index is 13.1. The van der Waals surface area contributed by atoms with Gasteiger partial charge < -0.3 is 5.73 Å². The number of benzene rings is 1. The van der Waals surface area contributed by atoms with Crippen LogP contribution in [0.2, 0.25) is 0 Å². The van der Waals surface area contributed by atoms with E-state index in [2.05, 4.69) is 31.0 Å². The Labute approximate surface area is 167 Å². The minimum absolute atomic E-state index is 0.123. The van der Waals surface area contributed by atoms with Crippen molar-refractivity contribution in [3.63, 3.8) is 0 Å². The van der Waals surface area contributed by atoms with Crippen LogP contribution in [-0.4, -0.2) is 24.1 Å². The van der Waals surface area contributed by atoms with E-state index in [9.17, 15) is 18.0 Å². The van der Waals surface area contributed by atoms with Crippen LogP contribution in [-0.2, 0) is 12.7 Å². The number of nitrogen functional groups attached to an aromatic ring is 1. The van der Waals surface area contributed by atoms with Gasteiger partial charge in [-0.3, -0.25) is 0 Å². The summed E-state index contributed by atoms with van der Waals surface area (Å²) in [4.78, 5) is 19.8. The van der Waals surface area contributed by atoms with Crippen LogP contribution in [0.15, 0.2) is 45.1 Å². The molecule has 0 amide bonds. The van der Waals surface area contributed by atoms with Gasteiger partial charge in [0.15, 0.2) is 5.65 Å². The van der Waals surface area contributed by atoms with Crippen LogP contribution in [0.4, 0.5) is 19.1 Å². The van der Waals surface area contributed by atoms with E-state index in [1.165, 1.54) is 0 Å². The number of fused-ring (bicyclic) bond motifs is 1. The molecule has 4 aromatic rings. The predicted molar refractivity (Wildman–Crippen MR) is 101 cm³/mol. The Hall–Kier alpha value is -2.73. The van der Waals surface area contributed by atoms with Crippen molar-refractivity contribution in [2.24, 2.45) is 0 Å². The molecule has 0 saturated heterocycles. The summed E-state index contributed by atoms with van der Waals surface area (Å²) in [6.07, 6.45) is -4.55. The van der Waals surface area contributed by atoms with E-state index in [0.29, 0.717) is 21.5 Å². The second-order valence-electron chi connectivity index (χ2n) is 5.72. The Morgan fingerprint density at radius 1 is 1.21 bits per heavy atom. The van der Waals surface area contributed by atoms with Crippen LogP contribution in [0.3, 0.4) is 0 Å². The molecular formula is C16H10BrF3N6OS. The van der Waals surface area contributed by atoms with E-state index in [1.54, 1.807) is 0 Å². The second kappa shape index (κ2) is 6.71. The quantitative estimate of drug-likeness (QED) is 0.495. The zero-order chi connectivity index (χ0) is 20.1. The molecule has 0 unspecified atom stereocenters. The van der Waals surface area contributed by atoms with Gasteiger partial charge in [0.1, 0.15) is 4.88 Å². The van der Waals surface area contributed by atoms with Crippen molar-refractivity contribution in [3.8, 4) is 11.3 Å². The lowest BCUT2D eigenvalue weighted by Crippen LogP contribution is -2.24. The molecule has 0 radical (unpaired) electrons. The first-order chi connectivity index (χ1) is 13.3. The number of thiazole rings is 1. The third-order valence-corrected chi connectivity index (χ3v) is 5.59. The number of hydrogen-bond acceptors (Lipinski definition) is 6. The van der Waals surface area contributed by atoms with Crippen LogP contribution in [0, 0.1) is 0 Å². The number of hydrogen-bond donors (Lipinski definition) is 1. The normalized spacial score (nSPS) is 12.0. The molecule has 0 atom stereocenters. The summed E-state index contributed by atoms with van der Waals surface area (Å²) in [5, 5.41) is 4.15. The van der Waals surface area contributed by atoms with Crippen molar-refractivity contribution in [1.29, 1.82) is 0 Å². The predicted octanol–water partition coefficient (Wildman–Crippen LogP) is 3.43. The maximum atomic E-state index is 13.1. The first kappa shape index (κ1) is 18.6. The second-order valence-corrected chi connectivity index (χ2v) is 7.37. The summed E-state index contributed by atoms with van der Waals surface area (Å²) in [5.41, 5.74) is 7.38. The Kier molecular flexibility index (Phi) is 4.46. The average Bonchev–Trinajstić information content (AvgIpc) is 3.25. The molecule has 0 aliphatic carbocycles. The standard InChI is InChI=1S/C16H10BrF3N6OS/c17-10-11(8-4-2-1-3-5-8)23-14(21)26-13(10)24-25(15(26)27)6-9-12(16(18,19)20)28-7-22-9/h1-5,7H,6H2,(H2,21,23). The number of alkyl halides is 3. The van der Waals surface area contributed by atoms with Crippen LogP contribution >= 0.6 is 27.3 Å². The monoisotopic (exact) mass is 470 g/mol. The number of halogens is 4. The lowest BCUT2D eigenvalue weighted by Gasteiger charge is -2.06.